The molecule has 28 heavy (non-hydrogen) atoms. The third-order valence-electron chi connectivity index (χ3n) is 4.08. The van der Waals surface area contributed by atoms with Gasteiger partial charge in [0.2, 0.25) is 5.91 Å². The molecule has 1 aromatic heterocycles. The SMILES string of the molecule is O=C(NC(Cc1ccccc1)C(=O)NCc1ccc(Cl)s1)c1ccc(Cl)cc1. The van der Waals surface area contributed by atoms with Crippen LogP contribution < -0.4 is 10.6 Å². The van der Waals surface area contributed by atoms with Crippen molar-refractivity contribution < 1.29 is 9.59 Å². The van der Waals surface area contributed by atoms with Crippen LogP contribution in [0.2, 0.25) is 9.36 Å². The molecule has 0 spiro atoms. The molecule has 1 heterocycles. The Balaban J connectivity index is 1.70. The molecule has 0 aliphatic rings. The molecular formula is C21H18Cl2N2O2S. The summed E-state index contributed by atoms with van der Waals surface area (Å²) in [6.45, 7) is 0.359. The molecule has 1 atom stereocenters. The summed E-state index contributed by atoms with van der Waals surface area (Å²) in [6.07, 6.45) is 0.386. The largest absolute Gasteiger partial charge is 0.349 e. The predicted octanol–water partition coefficient (Wildman–Crippen LogP) is 4.71. The van der Waals surface area contributed by atoms with E-state index in [1.165, 1.54) is 11.3 Å². The molecule has 144 valence electrons. The molecule has 0 saturated carbocycles. The van der Waals surface area contributed by atoms with E-state index in [0.717, 1.165) is 10.4 Å². The molecule has 2 N–H and O–H groups in total. The van der Waals surface area contributed by atoms with Crippen LogP contribution in [0.3, 0.4) is 0 Å². The van der Waals surface area contributed by atoms with Gasteiger partial charge in [0.05, 0.1) is 10.9 Å². The normalized spacial score (nSPS) is 11.6. The van der Waals surface area contributed by atoms with E-state index in [1.807, 2.05) is 36.4 Å². The highest BCUT2D eigenvalue weighted by Crippen LogP contribution is 2.21. The van der Waals surface area contributed by atoms with E-state index in [-0.39, 0.29) is 11.8 Å². The topological polar surface area (TPSA) is 58.2 Å². The fraction of sp³-hybridized carbons (Fsp3) is 0.143. The van der Waals surface area contributed by atoms with Crippen molar-refractivity contribution in [1.82, 2.24) is 10.6 Å². The van der Waals surface area contributed by atoms with Crippen LogP contribution in [-0.2, 0) is 17.8 Å². The second-order valence-electron chi connectivity index (χ2n) is 6.15. The third kappa shape index (κ3) is 5.83. The Kier molecular flexibility index (Phi) is 7.09. The monoisotopic (exact) mass is 432 g/mol. The molecule has 7 heteroatoms. The minimum atomic E-state index is -0.707. The first-order chi connectivity index (χ1) is 13.5. The van der Waals surface area contributed by atoms with Gasteiger partial charge in [-0.15, -0.1) is 11.3 Å². The molecule has 0 radical (unpaired) electrons. The van der Waals surface area contributed by atoms with E-state index < -0.39 is 6.04 Å². The maximum atomic E-state index is 12.8. The number of amides is 2. The van der Waals surface area contributed by atoms with Crippen molar-refractivity contribution in [3.05, 3.63) is 92.1 Å². The molecule has 4 nitrogen and oxygen atoms in total. The standard InChI is InChI=1S/C21H18Cl2N2O2S/c22-16-8-6-15(7-9-16)20(26)25-18(12-14-4-2-1-3-5-14)21(27)24-13-17-10-11-19(23)28-17/h1-11,18H,12-13H2,(H,24,27)(H,25,26). The van der Waals surface area contributed by atoms with Crippen LogP contribution in [0.25, 0.3) is 0 Å². The molecule has 0 aliphatic heterocycles. The van der Waals surface area contributed by atoms with Gasteiger partial charge in [0.15, 0.2) is 0 Å². The minimum Gasteiger partial charge on any atom is -0.349 e. The van der Waals surface area contributed by atoms with Crippen LogP contribution in [0.4, 0.5) is 0 Å². The molecule has 0 saturated heterocycles. The van der Waals surface area contributed by atoms with E-state index in [9.17, 15) is 9.59 Å². The zero-order valence-electron chi connectivity index (χ0n) is 14.8. The summed E-state index contributed by atoms with van der Waals surface area (Å²) in [4.78, 5) is 26.3. The van der Waals surface area contributed by atoms with Gasteiger partial charge in [-0.2, -0.15) is 0 Å². The van der Waals surface area contributed by atoms with Crippen molar-refractivity contribution in [2.75, 3.05) is 0 Å². The van der Waals surface area contributed by atoms with Gasteiger partial charge in [-0.05, 0) is 42.0 Å². The third-order valence-corrected chi connectivity index (χ3v) is 5.56. The highest BCUT2D eigenvalue weighted by atomic mass is 35.5. The van der Waals surface area contributed by atoms with Gasteiger partial charge in [-0.25, -0.2) is 0 Å². The number of benzene rings is 2. The Bertz CT molecular complexity index is 943. The fourth-order valence-electron chi connectivity index (χ4n) is 2.65. The average Bonchev–Trinajstić information content (AvgIpc) is 3.12. The van der Waals surface area contributed by atoms with Crippen molar-refractivity contribution >= 4 is 46.4 Å². The van der Waals surface area contributed by atoms with Crippen molar-refractivity contribution in [2.45, 2.75) is 19.0 Å². The number of thiophene rings is 1. The van der Waals surface area contributed by atoms with E-state index in [0.29, 0.717) is 27.9 Å². The Morgan fingerprint density at radius 2 is 1.64 bits per heavy atom. The van der Waals surface area contributed by atoms with Crippen molar-refractivity contribution in [1.29, 1.82) is 0 Å². The summed E-state index contributed by atoms with van der Waals surface area (Å²) >= 11 is 13.2. The Morgan fingerprint density at radius 3 is 2.29 bits per heavy atom. The maximum absolute atomic E-state index is 12.8. The molecule has 2 amide bonds. The summed E-state index contributed by atoms with van der Waals surface area (Å²) in [5.41, 5.74) is 1.40. The number of rotatable bonds is 7. The predicted molar refractivity (Wildman–Crippen MR) is 114 cm³/mol. The van der Waals surface area contributed by atoms with Crippen LogP contribution in [0.5, 0.6) is 0 Å². The molecule has 1 unspecified atom stereocenters. The lowest BCUT2D eigenvalue weighted by Gasteiger charge is -2.18. The number of halogens is 2. The van der Waals surface area contributed by atoms with Crippen molar-refractivity contribution in [3.63, 3.8) is 0 Å². The summed E-state index contributed by atoms with van der Waals surface area (Å²) < 4.78 is 0.668. The molecule has 3 aromatic rings. The molecule has 3 rings (SSSR count). The number of carbonyl (C=O) groups excluding carboxylic acids is 2. The van der Waals surface area contributed by atoms with Gasteiger partial charge >= 0.3 is 0 Å². The van der Waals surface area contributed by atoms with Gasteiger partial charge < -0.3 is 10.6 Å². The summed E-state index contributed by atoms with van der Waals surface area (Å²) in [5, 5.41) is 6.25. The lowest BCUT2D eigenvalue weighted by molar-refractivity contribution is -0.123. The second-order valence-corrected chi connectivity index (χ2v) is 8.38. The zero-order valence-corrected chi connectivity index (χ0v) is 17.2. The quantitative estimate of drug-likeness (QED) is 0.567. The lowest BCUT2D eigenvalue weighted by atomic mass is 10.0. The van der Waals surface area contributed by atoms with Gasteiger partial charge in [-0.3, -0.25) is 9.59 Å². The van der Waals surface area contributed by atoms with Crippen LogP contribution >= 0.6 is 34.5 Å². The van der Waals surface area contributed by atoms with Crippen LogP contribution in [0.15, 0.2) is 66.7 Å². The smallest absolute Gasteiger partial charge is 0.251 e. The van der Waals surface area contributed by atoms with Gasteiger partial charge in [0, 0.05) is 21.9 Å². The van der Waals surface area contributed by atoms with Crippen LogP contribution in [0.1, 0.15) is 20.8 Å². The number of hydrogen-bond donors (Lipinski definition) is 2. The summed E-state index contributed by atoms with van der Waals surface area (Å²) in [6, 6.07) is 19.0. The van der Waals surface area contributed by atoms with Crippen molar-refractivity contribution in [3.8, 4) is 0 Å². The van der Waals surface area contributed by atoms with Crippen molar-refractivity contribution in [2.24, 2.45) is 0 Å². The lowest BCUT2D eigenvalue weighted by Crippen LogP contribution is -2.47. The Labute approximate surface area is 177 Å². The summed E-state index contributed by atoms with van der Waals surface area (Å²) in [5.74, 6) is -0.581. The van der Waals surface area contributed by atoms with Crippen LogP contribution in [0, 0.1) is 0 Å². The van der Waals surface area contributed by atoms with Gasteiger partial charge in [-0.1, -0.05) is 53.5 Å². The number of hydrogen-bond acceptors (Lipinski definition) is 3. The first kappa shape index (κ1) is 20.4. The molecule has 0 bridgehead atoms. The maximum Gasteiger partial charge on any atom is 0.251 e. The average molecular weight is 433 g/mol. The van der Waals surface area contributed by atoms with E-state index in [2.05, 4.69) is 10.6 Å². The summed E-state index contributed by atoms with van der Waals surface area (Å²) in [7, 11) is 0. The molecule has 2 aromatic carbocycles. The number of nitrogens with one attached hydrogen (secondary N) is 2. The zero-order chi connectivity index (χ0) is 19.9. The molecule has 0 aliphatic carbocycles. The first-order valence-electron chi connectivity index (χ1n) is 8.63. The molecule has 0 fully saturated rings. The highest BCUT2D eigenvalue weighted by molar-refractivity contribution is 7.16. The second kappa shape index (κ2) is 9.73. The van der Waals surface area contributed by atoms with Crippen LogP contribution in [-0.4, -0.2) is 17.9 Å². The van der Waals surface area contributed by atoms with Gasteiger partial charge in [0.1, 0.15) is 6.04 Å². The Hall–Kier alpha value is -2.34. The van der Waals surface area contributed by atoms with E-state index >= 15 is 0 Å². The van der Waals surface area contributed by atoms with Gasteiger partial charge in [0.25, 0.3) is 5.91 Å². The number of carbonyl (C=O) groups is 2. The first-order valence-corrected chi connectivity index (χ1v) is 10.2. The highest BCUT2D eigenvalue weighted by Gasteiger charge is 2.22. The minimum absolute atomic E-state index is 0.254. The fourth-order valence-corrected chi connectivity index (χ4v) is 3.80. The van der Waals surface area contributed by atoms with E-state index in [1.54, 1.807) is 30.3 Å². The Morgan fingerprint density at radius 1 is 0.929 bits per heavy atom. The molecular weight excluding hydrogens is 415 g/mol. The van der Waals surface area contributed by atoms with E-state index in [4.69, 9.17) is 23.2 Å².